The number of nitrogens with zero attached hydrogens (tertiary/aromatic N) is 1. The normalized spacial score (nSPS) is 23.2. The molecule has 1 fully saturated rings. The van der Waals surface area contributed by atoms with Gasteiger partial charge in [0.15, 0.2) is 0 Å². The highest BCUT2D eigenvalue weighted by atomic mass is 32.2. The summed E-state index contributed by atoms with van der Waals surface area (Å²) >= 11 is 0. The van der Waals surface area contributed by atoms with E-state index in [1.807, 2.05) is 13.8 Å². The third-order valence-electron chi connectivity index (χ3n) is 4.11. The number of hydrogen-bond acceptors (Lipinski definition) is 3. The lowest BCUT2D eigenvalue weighted by atomic mass is 9.81. The molecule has 1 aromatic carbocycles. The fourth-order valence-corrected chi connectivity index (χ4v) is 4.18. The fourth-order valence-electron chi connectivity index (χ4n) is 2.49. The summed E-state index contributed by atoms with van der Waals surface area (Å²) in [5.74, 6) is -1.66. The highest BCUT2D eigenvalue weighted by molar-refractivity contribution is 7.89. The van der Waals surface area contributed by atoms with Crippen LogP contribution in [0.1, 0.15) is 25.8 Å². The highest BCUT2D eigenvalue weighted by Gasteiger charge is 2.39. The average Bonchev–Trinajstić information content (AvgIpc) is 2.36. The number of sulfonamides is 1. The number of benzene rings is 1. The summed E-state index contributed by atoms with van der Waals surface area (Å²) in [4.78, 5) is -0.614. The highest BCUT2D eigenvalue weighted by Crippen LogP contribution is 2.32. The second kappa shape index (κ2) is 5.30. The smallest absolute Gasteiger partial charge is 0.246 e. The molecule has 1 unspecified atom stereocenters. The van der Waals surface area contributed by atoms with Crippen LogP contribution < -0.4 is 5.73 Å². The van der Waals surface area contributed by atoms with Crippen LogP contribution in [-0.4, -0.2) is 31.9 Å². The summed E-state index contributed by atoms with van der Waals surface area (Å²) in [7, 11) is -4.06. The maximum atomic E-state index is 14.0. The molecule has 1 aliphatic heterocycles. The van der Waals surface area contributed by atoms with E-state index in [4.69, 9.17) is 5.73 Å². The van der Waals surface area contributed by atoms with Gasteiger partial charge in [-0.25, -0.2) is 17.2 Å². The number of aryl methyl sites for hydroxylation is 1. The van der Waals surface area contributed by atoms with Crippen molar-refractivity contribution >= 4 is 10.0 Å². The van der Waals surface area contributed by atoms with Gasteiger partial charge in [-0.05, 0) is 36.5 Å². The molecule has 1 aromatic rings. The van der Waals surface area contributed by atoms with E-state index in [0.29, 0.717) is 6.42 Å². The maximum absolute atomic E-state index is 14.0. The van der Waals surface area contributed by atoms with Gasteiger partial charge in [-0.1, -0.05) is 13.8 Å². The number of nitrogens with two attached hydrogens (primary N) is 1. The van der Waals surface area contributed by atoms with Gasteiger partial charge >= 0.3 is 0 Å². The standard InChI is InChI=1S/C14H20F2N2O2S/c1-9-6-11(16)12(7-10(9)15)21(19,20)18-5-4-13(17)14(2,3)8-18/h6-7,13H,4-5,8,17H2,1-3H3. The molecule has 0 aromatic heterocycles. The molecule has 1 aliphatic rings. The molecule has 0 saturated carbocycles. The maximum Gasteiger partial charge on any atom is 0.246 e. The molecule has 2 N–H and O–H groups in total. The number of halogens is 2. The zero-order valence-electron chi connectivity index (χ0n) is 12.4. The minimum atomic E-state index is -4.06. The molecule has 0 spiro atoms. The Morgan fingerprint density at radius 3 is 2.48 bits per heavy atom. The van der Waals surface area contributed by atoms with Crippen molar-refractivity contribution in [2.24, 2.45) is 11.1 Å². The lowest BCUT2D eigenvalue weighted by Gasteiger charge is -2.41. The first kappa shape index (κ1) is 16.3. The van der Waals surface area contributed by atoms with Gasteiger partial charge in [0.25, 0.3) is 0 Å². The predicted molar refractivity (Wildman–Crippen MR) is 76.2 cm³/mol. The van der Waals surface area contributed by atoms with Gasteiger partial charge in [0, 0.05) is 19.1 Å². The van der Waals surface area contributed by atoms with Crippen molar-refractivity contribution in [3.63, 3.8) is 0 Å². The third-order valence-corrected chi connectivity index (χ3v) is 5.97. The van der Waals surface area contributed by atoms with Crippen LogP contribution in [0.15, 0.2) is 17.0 Å². The van der Waals surface area contributed by atoms with Crippen molar-refractivity contribution in [3.8, 4) is 0 Å². The first-order valence-electron chi connectivity index (χ1n) is 6.77. The number of piperidine rings is 1. The Kier molecular flexibility index (Phi) is 4.12. The van der Waals surface area contributed by atoms with Crippen LogP contribution in [0.3, 0.4) is 0 Å². The predicted octanol–water partition coefficient (Wildman–Crippen LogP) is 2.02. The van der Waals surface area contributed by atoms with E-state index in [2.05, 4.69) is 0 Å². The molecule has 0 radical (unpaired) electrons. The Bertz CT molecular complexity index is 659. The van der Waals surface area contributed by atoms with Crippen LogP contribution in [0.4, 0.5) is 8.78 Å². The minimum Gasteiger partial charge on any atom is -0.327 e. The molecule has 2 rings (SSSR count). The van der Waals surface area contributed by atoms with Gasteiger partial charge in [-0.3, -0.25) is 0 Å². The zero-order chi connectivity index (χ0) is 16.0. The molecule has 0 amide bonds. The zero-order valence-corrected chi connectivity index (χ0v) is 13.2. The summed E-state index contributed by atoms with van der Waals surface area (Å²) in [5, 5.41) is 0. The summed E-state index contributed by atoms with van der Waals surface area (Å²) in [6.45, 7) is 5.52. The monoisotopic (exact) mass is 318 g/mol. The first-order valence-corrected chi connectivity index (χ1v) is 8.21. The van der Waals surface area contributed by atoms with Crippen LogP contribution in [0.25, 0.3) is 0 Å². The second-order valence-corrected chi connectivity index (χ2v) is 8.16. The fraction of sp³-hybridized carbons (Fsp3) is 0.571. The van der Waals surface area contributed by atoms with Crippen molar-refractivity contribution in [3.05, 3.63) is 29.3 Å². The van der Waals surface area contributed by atoms with E-state index < -0.39 is 32.0 Å². The van der Waals surface area contributed by atoms with Gasteiger partial charge < -0.3 is 5.73 Å². The third kappa shape index (κ3) is 2.95. The SMILES string of the molecule is Cc1cc(F)c(S(=O)(=O)N2CCC(N)C(C)(C)C2)cc1F. The van der Waals surface area contributed by atoms with E-state index in [1.165, 1.54) is 11.2 Å². The Hall–Kier alpha value is -1.05. The topological polar surface area (TPSA) is 63.4 Å². The molecule has 4 nitrogen and oxygen atoms in total. The quantitative estimate of drug-likeness (QED) is 0.907. The first-order chi connectivity index (χ1) is 9.55. The largest absolute Gasteiger partial charge is 0.327 e. The molecular weight excluding hydrogens is 298 g/mol. The summed E-state index contributed by atoms with van der Waals surface area (Å²) in [6, 6.07) is 1.54. The van der Waals surface area contributed by atoms with E-state index in [1.54, 1.807) is 0 Å². The molecule has 7 heteroatoms. The van der Waals surface area contributed by atoms with Gasteiger partial charge in [0.1, 0.15) is 16.5 Å². The van der Waals surface area contributed by atoms with Gasteiger partial charge in [0.05, 0.1) is 0 Å². The van der Waals surface area contributed by atoms with E-state index in [-0.39, 0.29) is 24.7 Å². The Balaban J connectivity index is 2.42. The summed E-state index contributed by atoms with van der Waals surface area (Å²) in [6.07, 6.45) is 0.488. The van der Waals surface area contributed by atoms with Crippen molar-refractivity contribution in [1.82, 2.24) is 4.31 Å². The molecule has 1 saturated heterocycles. The average molecular weight is 318 g/mol. The number of rotatable bonds is 2. The van der Waals surface area contributed by atoms with E-state index in [0.717, 1.165) is 12.1 Å². The van der Waals surface area contributed by atoms with Crippen molar-refractivity contribution in [2.45, 2.75) is 38.1 Å². The van der Waals surface area contributed by atoms with Crippen LogP contribution in [0.5, 0.6) is 0 Å². The van der Waals surface area contributed by atoms with Crippen molar-refractivity contribution in [2.75, 3.05) is 13.1 Å². The van der Waals surface area contributed by atoms with E-state index >= 15 is 0 Å². The van der Waals surface area contributed by atoms with Crippen LogP contribution in [0.2, 0.25) is 0 Å². The van der Waals surface area contributed by atoms with Gasteiger partial charge in [-0.15, -0.1) is 0 Å². The summed E-state index contributed by atoms with van der Waals surface area (Å²) < 4.78 is 53.8. The lowest BCUT2D eigenvalue weighted by molar-refractivity contribution is 0.155. The Morgan fingerprint density at radius 2 is 1.90 bits per heavy atom. The minimum absolute atomic E-state index is 0.0763. The molecular formula is C14H20F2N2O2S. The van der Waals surface area contributed by atoms with Crippen LogP contribution >= 0.6 is 0 Å². The second-order valence-electron chi connectivity index (χ2n) is 6.25. The molecule has 0 bridgehead atoms. The Labute approximate surface area is 124 Å². The van der Waals surface area contributed by atoms with Gasteiger partial charge in [0.2, 0.25) is 10.0 Å². The van der Waals surface area contributed by atoms with Crippen LogP contribution in [0, 0.1) is 24.0 Å². The molecule has 0 aliphatic carbocycles. The molecule has 1 atom stereocenters. The van der Waals surface area contributed by atoms with Gasteiger partial charge in [-0.2, -0.15) is 4.31 Å². The Morgan fingerprint density at radius 1 is 1.29 bits per heavy atom. The lowest BCUT2D eigenvalue weighted by Crippen LogP contribution is -2.53. The van der Waals surface area contributed by atoms with Crippen molar-refractivity contribution < 1.29 is 17.2 Å². The van der Waals surface area contributed by atoms with E-state index in [9.17, 15) is 17.2 Å². The van der Waals surface area contributed by atoms with Crippen LogP contribution in [-0.2, 0) is 10.0 Å². The summed E-state index contributed by atoms with van der Waals surface area (Å²) in [5.41, 5.74) is 5.64. The molecule has 118 valence electrons. The molecule has 1 heterocycles. The number of hydrogen-bond donors (Lipinski definition) is 1. The molecule has 21 heavy (non-hydrogen) atoms. The van der Waals surface area contributed by atoms with Crippen molar-refractivity contribution in [1.29, 1.82) is 0 Å².